The minimum atomic E-state index is -0.599. The number of amides is 1. The molecule has 1 aromatic heterocycles. The summed E-state index contributed by atoms with van der Waals surface area (Å²) in [6.45, 7) is 0. The summed E-state index contributed by atoms with van der Waals surface area (Å²) in [6.07, 6.45) is 0. The third-order valence-corrected chi connectivity index (χ3v) is 4.09. The number of carbonyl (C=O) groups is 1. The molecule has 0 atom stereocenters. The first kappa shape index (κ1) is 19.1. The van der Waals surface area contributed by atoms with Gasteiger partial charge in [0.25, 0.3) is 11.6 Å². The first-order valence-corrected chi connectivity index (χ1v) is 8.21. The number of H-pyrrole nitrogens is 1. The standard InChI is InChI=1S/C17H14ClN5O5/c1-27-13-6-3-9(7-14(13)28-2)15-19-17(22-21-15)20-16(24)11-5-4-10(23(25)26)8-12(11)18/h3-8H,1-2H3,(H2,19,20,21,22,24). The van der Waals surface area contributed by atoms with Crippen molar-refractivity contribution >= 4 is 29.1 Å². The average molecular weight is 404 g/mol. The van der Waals surface area contributed by atoms with Gasteiger partial charge < -0.3 is 9.47 Å². The van der Waals surface area contributed by atoms with Gasteiger partial charge in [-0.1, -0.05) is 11.6 Å². The van der Waals surface area contributed by atoms with Crippen LogP contribution in [0.25, 0.3) is 11.4 Å². The molecular weight excluding hydrogens is 390 g/mol. The number of hydrogen-bond donors (Lipinski definition) is 2. The monoisotopic (exact) mass is 403 g/mol. The maximum atomic E-state index is 12.3. The lowest BCUT2D eigenvalue weighted by molar-refractivity contribution is -0.384. The zero-order valence-corrected chi connectivity index (χ0v) is 15.5. The van der Waals surface area contributed by atoms with Gasteiger partial charge in [-0.05, 0) is 24.3 Å². The number of rotatable bonds is 6. The largest absolute Gasteiger partial charge is 0.493 e. The van der Waals surface area contributed by atoms with Crippen molar-refractivity contribution in [3.63, 3.8) is 0 Å². The Bertz CT molecular complexity index is 1050. The number of nitro benzene ring substituents is 1. The number of ether oxygens (including phenoxy) is 2. The Kier molecular flexibility index (Phi) is 5.41. The molecule has 0 aliphatic heterocycles. The lowest BCUT2D eigenvalue weighted by atomic mass is 10.2. The van der Waals surface area contributed by atoms with Gasteiger partial charge in [-0.15, -0.1) is 5.10 Å². The first-order valence-electron chi connectivity index (χ1n) is 7.83. The van der Waals surface area contributed by atoms with E-state index in [0.29, 0.717) is 22.9 Å². The molecule has 144 valence electrons. The number of carbonyl (C=O) groups excluding carboxylic acids is 1. The smallest absolute Gasteiger partial charge is 0.270 e. The molecule has 0 spiro atoms. The molecule has 0 bridgehead atoms. The highest BCUT2D eigenvalue weighted by atomic mass is 35.5. The summed E-state index contributed by atoms with van der Waals surface area (Å²) >= 11 is 5.96. The number of halogens is 1. The minimum absolute atomic E-state index is 0.0178. The fourth-order valence-corrected chi connectivity index (χ4v) is 2.66. The van der Waals surface area contributed by atoms with Crippen molar-refractivity contribution in [3.8, 4) is 22.9 Å². The molecule has 0 aliphatic carbocycles. The van der Waals surface area contributed by atoms with Gasteiger partial charge in [0.05, 0.1) is 29.7 Å². The third kappa shape index (κ3) is 3.86. The van der Waals surface area contributed by atoms with Crippen LogP contribution in [0, 0.1) is 10.1 Å². The molecule has 2 aromatic carbocycles. The molecule has 0 saturated heterocycles. The molecule has 11 heteroatoms. The predicted molar refractivity (Wildman–Crippen MR) is 101 cm³/mol. The Balaban J connectivity index is 1.79. The van der Waals surface area contributed by atoms with E-state index in [9.17, 15) is 14.9 Å². The van der Waals surface area contributed by atoms with Gasteiger partial charge in [0, 0.05) is 17.7 Å². The third-order valence-electron chi connectivity index (χ3n) is 3.78. The van der Waals surface area contributed by atoms with E-state index in [1.54, 1.807) is 18.2 Å². The summed E-state index contributed by atoms with van der Waals surface area (Å²) in [7, 11) is 3.05. The van der Waals surface area contributed by atoms with Crippen molar-refractivity contribution in [3.05, 3.63) is 57.1 Å². The highest BCUT2D eigenvalue weighted by molar-refractivity contribution is 6.34. The SMILES string of the molecule is COc1ccc(-c2nc(NC(=O)c3ccc([N+](=O)[O-])cc3Cl)n[nH]2)cc1OC. The molecule has 1 amide bonds. The van der Waals surface area contributed by atoms with E-state index >= 15 is 0 Å². The van der Waals surface area contributed by atoms with Crippen LogP contribution in [-0.4, -0.2) is 40.2 Å². The molecule has 3 rings (SSSR count). The van der Waals surface area contributed by atoms with Crippen LogP contribution in [0.4, 0.5) is 11.6 Å². The molecule has 2 N–H and O–H groups in total. The highest BCUT2D eigenvalue weighted by Crippen LogP contribution is 2.31. The van der Waals surface area contributed by atoms with E-state index < -0.39 is 10.8 Å². The molecule has 0 aliphatic rings. The summed E-state index contributed by atoms with van der Waals surface area (Å²) in [5.41, 5.74) is 0.513. The van der Waals surface area contributed by atoms with Crippen LogP contribution in [0.5, 0.6) is 11.5 Å². The number of hydrogen-bond acceptors (Lipinski definition) is 7. The van der Waals surface area contributed by atoms with E-state index in [4.69, 9.17) is 21.1 Å². The molecule has 0 unspecified atom stereocenters. The lowest BCUT2D eigenvalue weighted by Crippen LogP contribution is -2.13. The summed E-state index contributed by atoms with van der Waals surface area (Å²) in [6, 6.07) is 8.72. The number of anilines is 1. The van der Waals surface area contributed by atoms with Crippen molar-refractivity contribution in [1.29, 1.82) is 0 Å². The van der Waals surface area contributed by atoms with Gasteiger partial charge in [0.15, 0.2) is 17.3 Å². The number of nitro groups is 1. The average Bonchev–Trinajstić information content (AvgIpc) is 3.15. The Morgan fingerprint density at radius 1 is 1.18 bits per heavy atom. The maximum absolute atomic E-state index is 12.3. The van der Waals surface area contributed by atoms with Crippen LogP contribution in [0.3, 0.4) is 0 Å². The van der Waals surface area contributed by atoms with Crippen molar-refractivity contribution < 1.29 is 19.2 Å². The van der Waals surface area contributed by atoms with Crippen molar-refractivity contribution in [2.24, 2.45) is 0 Å². The van der Waals surface area contributed by atoms with Crippen molar-refractivity contribution in [2.75, 3.05) is 19.5 Å². The first-order chi connectivity index (χ1) is 13.4. The Hall–Kier alpha value is -3.66. The van der Waals surface area contributed by atoms with Gasteiger partial charge in [0.2, 0.25) is 5.95 Å². The van der Waals surface area contributed by atoms with Crippen LogP contribution in [0.1, 0.15) is 10.4 Å². The number of aromatic nitrogens is 3. The number of methoxy groups -OCH3 is 2. The Morgan fingerprint density at radius 2 is 1.93 bits per heavy atom. The Morgan fingerprint density at radius 3 is 2.57 bits per heavy atom. The van der Waals surface area contributed by atoms with Gasteiger partial charge in [-0.2, -0.15) is 4.98 Å². The number of non-ortho nitro benzene ring substituents is 1. The second kappa shape index (κ2) is 7.92. The lowest BCUT2D eigenvalue weighted by Gasteiger charge is -2.08. The molecule has 0 radical (unpaired) electrons. The van der Waals surface area contributed by atoms with E-state index in [0.717, 1.165) is 6.07 Å². The quantitative estimate of drug-likeness (QED) is 0.476. The second-order valence-electron chi connectivity index (χ2n) is 5.45. The summed E-state index contributed by atoms with van der Waals surface area (Å²) in [4.78, 5) is 26.7. The number of nitrogens with zero attached hydrogens (tertiary/aromatic N) is 3. The van der Waals surface area contributed by atoms with E-state index in [1.165, 1.54) is 26.4 Å². The zero-order valence-electron chi connectivity index (χ0n) is 14.7. The van der Waals surface area contributed by atoms with Crippen molar-refractivity contribution in [1.82, 2.24) is 15.2 Å². The highest BCUT2D eigenvalue weighted by Gasteiger charge is 2.17. The summed E-state index contributed by atoms with van der Waals surface area (Å²) in [5, 5.41) is 19.8. The fourth-order valence-electron chi connectivity index (χ4n) is 2.40. The number of benzene rings is 2. The van der Waals surface area contributed by atoms with E-state index in [-0.39, 0.29) is 22.2 Å². The van der Waals surface area contributed by atoms with Crippen LogP contribution in [0.2, 0.25) is 5.02 Å². The second-order valence-corrected chi connectivity index (χ2v) is 5.86. The van der Waals surface area contributed by atoms with E-state index in [2.05, 4.69) is 20.5 Å². The van der Waals surface area contributed by atoms with Crippen LogP contribution in [0.15, 0.2) is 36.4 Å². The molecule has 10 nitrogen and oxygen atoms in total. The normalized spacial score (nSPS) is 10.4. The molecule has 28 heavy (non-hydrogen) atoms. The maximum Gasteiger partial charge on any atom is 0.270 e. The molecule has 3 aromatic rings. The van der Waals surface area contributed by atoms with Crippen molar-refractivity contribution in [2.45, 2.75) is 0 Å². The van der Waals surface area contributed by atoms with E-state index in [1.807, 2.05) is 0 Å². The van der Waals surface area contributed by atoms with Crippen LogP contribution in [-0.2, 0) is 0 Å². The predicted octanol–water partition coefficient (Wildman–Crippen LogP) is 3.30. The zero-order chi connectivity index (χ0) is 20.3. The molecule has 0 saturated carbocycles. The van der Waals surface area contributed by atoms with Gasteiger partial charge in [-0.25, -0.2) is 0 Å². The van der Waals surface area contributed by atoms with Crippen LogP contribution >= 0.6 is 11.6 Å². The van der Waals surface area contributed by atoms with Gasteiger partial charge in [0.1, 0.15) is 0 Å². The Labute approximate surface area is 163 Å². The fraction of sp³-hybridized carbons (Fsp3) is 0.118. The molecule has 1 heterocycles. The van der Waals surface area contributed by atoms with Gasteiger partial charge >= 0.3 is 0 Å². The molecular formula is C17H14ClN5O5. The summed E-state index contributed by atoms with van der Waals surface area (Å²) in [5.74, 6) is 0.889. The summed E-state index contributed by atoms with van der Waals surface area (Å²) < 4.78 is 10.4. The van der Waals surface area contributed by atoms with Crippen LogP contribution < -0.4 is 14.8 Å². The number of nitrogens with one attached hydrogen (secondary N) is 2. The topological polar surface area (TPSA) is 132 Å². The number of aromatic amines is 1. The van der Waals surface area contributed by atoms with Gasteiger partial charge in [-0.3, -0.25) is 25.3 Å². The minimum Gasteiger partial charge on any atom is -0.493 e. The molecule has 0 fully saturated rings.